The minimum absolute atomic E-state index is 0.302. The minimum Gasteiger partial charge on any atom is -0.496 e. The van der Waals surface area contributed by atoms with Crippen LogP contribution in [0.5, 0.6) is 5.75 Å². The number of carbonyl (C=O) groups excluding carboxylic acids is 3. The molecule has 1 N–H and O–H groups in total. The highest BCUT2D eigenvalue weighted by molar-refractivity contribution is 5.98. The lowest BCUT2D eigenvalue weighted by Crippen LogP contribution is -2.37. The van der Waals surface area contributed by atoms with Gasteiger partial charge in [-0.3, -0.25) is 14.4 Å². The summed E-state index contributed by atoms with van der Waals surface area (Å²) in [5.41, 5.74) is 2.41. The van der Waals surface area contributed by atoms with E-state index in [2.05, 4.69) is 5.32 Å². The molecule has 0 heterocycles. The van der Waals surface area contributed by atoms with Crippen molar-refractivity contribution < 1.29 is 23.9 Å². The maximum Gasteiger partial charge on any atom is 0.325 e. The number of nitrogens with zero attached hydrogens (tertiary/aromatic N) is 1. The summed E-state index contributed by atoms with van der Waals surface area (Å²) in [7, 11) is 1.46. The van der Waals surface area contributed by atoms with Gasteiger partial charge in [0.2, 0.25) is 0 Å². The van der Waals surface area contributed by atoms with Crippen molar-refractivity contribution in [1.29, 1.82) is 0 Å². The van der Waals surface area contributed by atoms with Crippen LogP contribution in [-0.4, -0.2) is 49.5 Å². The van der Waals surface area contributed by atoms with Gasteiger partial charge in [0.15, 0.2) is 6.61 Å². The Morgan fingerprint density at radius 2 is 1.44 bits per heavy atom. The second kappa shape index (κ2) is 12.8. The topological polar surface area (TPSA) is 84.9 Å². The van der Waals surface area contributed by atoms with Gasteiger partial charge in [-0.2, -0.15) is 0 Å². The van der Waals surface area contributed by atoms with Crippen molar-refractivity contribution in [2.45, 2.75) is 13.0 Å². The first-order valence-electron chi connectivity index (χ1n) is 11.0. The first-order valence-corrected chi connectivity index (χ1v) is 11.0. The summed E-state index contributed by atoms with van der Waals surface area (Å²) < 4.78 is 10.3. The number of hydrogen-bond acceptors (Lipinski definition) is 5. The maximum atomic E-state index is 12.9. The Kier molecular flexibility index (Phi) is 9.22. The fourth-order valence-corrected chi connectivity index (χ4v) is 3.37. The quantitative estimate of drug-likeness (QED) is 0.444. The number of carbonyl (C=O) groups is 3. The predicted molar refractivity (Wildman–Crippen MR) is 128 cm³/mol. The Morgan fingerprint density at radius 1 is 0.824 bits per heavy atom. The molecule has 0 aliphatic rings. The van der Waals surface area contributed by atoms with E-state index in [9.17, 15) is 14.4 Å². The van der Waals surface area contributed by atoms with Gasteiger partial charge >= 0.3 is 5.97 Å². The van der Waals surface area contributed by atoms with Gasteiger partial charge < -0.3 is 19.7 Å². The average molecular weight is 461 g/mol. The first-order chi connectivity index (χ1) is 16.6. The van der Waals surface area contributed by atoms with E-state index in [1.54, 1.807) is 29.2 Å². The lowest BCUT2D eigenvalue weighted by molar-refractivity contribution is -0.151. The fourth-order valence-electron chi connectivity index (χ4n) is 3.37. The van der Waals surface area contributed by atoms with Gasteiger partial charge in [0, 0.05) is 13.1 Å². The van der Waals surface area contributed by atoms with Crippen molar-refractivity contribution in [3.8, 4) is 5.75 Å². The molecule has 0 bridgehead atoms. The van der Waals surface area contributed by atoms with E-state index in [1.165, 1.54) is 7.11 Å². The Balaban J connectivity index is 1.53. The zero-order valence-corrected chi connectivity index (χ0v) is 19.1. The van der Waals surface area contributed by atoms with Gasteiger partial charge in [0.1, 0.15) is 12.3 Å². The molecule has 3 aromatic carbocycles. The predicted octanol–water partition coefficient (Wildman–Crippen LogP) is 3.24. The normalized spacial score (nSPS) is 10.3. The zero-order valence-electron chi connectivity index (χ0n) is 19.1. The van der Waals surface area contributed by atoms with E-state index in [0.29, 0.717) is 30.8 Å². The van der Waals surface area contributed by atoms with E-state index < -0.39 is 18.5 Å². The number of benzene rings is 3. The van der Waals surface area contributed by atoms with Gasteiger partial charge in [-0.05, 0) is 29.7 Å². The molecule has 0 saturated heterocycles. The van der Waals surface area contributed by atoms with Gasteiger partial charge in [0.25, 0.3) is 11.8 Å². The number of nitrogens with one attached hydrogen (secondary N) is 1. The molecular weight excluding hydrogens is 432 g/mol. The first kappa shape index (κ1) is 24.5. The van der Waals surface area contributed by atoms with Crippen molar-refractivity contribution in [1.82, 2.24) is 10.2 Å². The van der Waals surface area contributed by atoms with Crippen LogP contribution in [-0.2, 0) is 27.3 Å². The SMILES string of the molecule is COc1ccccc1C(=O)NCC(=O)OCC(=O)N(CCc1ccccc1)Cc1ccccc1. The van der Waals surface area contributed by atoms with Crippen LogP contribution in [0.25, 0.3) is 0 Å². The largest absolute Gasteiger partial charge is 0.496 e. The highest BCUT2D eigenvalue weighted by Crippen LogP contribution is 2.16. The van der Waals surface area contributed by atoms with Crippen LogP contribution in [0.4, 0.5) is 0 Å². The molecule has 0 fully saturated rings. The summed E-state index contributed by atoms with van der Waals surface area (Å²) >= 11 is 0. The summed E-state index contributed by atoms with van der Waals surface area (Å²) in [6.07, 6.45) is 0.683. The van der Waals surface area contributed by atoms with Crippen molar-refractivity contribution in [2.75, 3.05) is 26.8 Å². The number of ether oxygens (including phenoxy) is 2. The summed E-state index contributed by atoms with van der Waals surface area (Å²) in [6.45, 7) is 0.145. The number of para-hydroxylation sites is 1. The molecule has 0 aliphatic heterocycles. The Bertz CT molecular complexity index is 1090. The van der Waals surface area contributed by atoms with E-state index in [-0.39, 0.29) is 12.5 Å². The van der Waals surface area contributed by atoms with E-state index >= 15 is 0 Å². The van der Waals surface area contributed by atoms with E-state index in [0.717, 1.165) is 11.1 Å². The third-order valence-electron chi connectivity index (χ3n) is 5.18. The molecule has 34 heavy (non-hydrogen) atoms. The number of rotatable bonds is 11. The number of esters is 1. The lowest BCUT2D eigenvalue weighted by atomic mass is 10.1. The third-order valence-corrected chi connectivity index (χ3v) is 5.18. The molecule has 0 atom stereocenters. The number of amides is 2. The van der Waals surface area contributed by atoms with Gasteiger partial charge in [0.05, 0.1) is 12.7 Å². The molecule has 0 unspecified atom stereocenters. The van der Waals surface area contributed by atoms with Crippen LogP contribution >= 0.6 is 0 Å². The molecule has 0 saturated carbocycles. The smallest absolute Gasteiger partial charge is 0.325 e. The lowest BCUT2D eigenvalue weighted by Gasteiger charge is -2.23. The molecule has 7 nitrogen and oxygen atoms in total. The summed E-state index contributed by atoms with van der Waals surface area (Å²) in [5.74, 6) is -1.06. The van der Waals surface area contributed by atoms with Gasteiger partial charge in [-0.1, -0.05) is 72.8 Å². The molecule has 2 amide bonds. The fraction of sp³-hybridized carbons (Fsp3) is 0.222. The second-order valence-corrected chi connectivity index (χ2v) is 7.58. The third kappa shape index (κ3) is 7.48. The molecule has 0 aliphatic carbocycles. The molecule has 0 spiro atoms. The highest BCUT2D eigenvalue weighted by Gasteiger charge is 2.18. The van der Waals surface area contributed by atoms with Crippen LogP contribution in [0.3, 0.4) is 0 Å². The van der Waals surface area contributed by atoms with Crippen LogP contribution in [0.2, 0.25) is 0 Å². The Labute approximate surface area is 199 Å². The van der Waals surface area contributed by atoms with E-state index in [1.807, 2.05) is 60.7 Å². The monoisotopic (exact) mass is 460 g/mol. The van der Waals surface area contributed by atoms with Gasteiger partial charge in [-0.15, -0.1) is 0 Å². The van der Waals surface area contributed by atoms with Crippen LogP contribution in [0, 0.1) is 0 Å². The molecule has 3 rings (SSSR count). The molecule has 7 heteroatoms. The standard InChI is InChI=1S/C27H28N2O5/c1-33-24-15-9-8-14-23(24)27(32)28-18-26(31)34-20-25(30)29(19-22-12-6-3-7-13-22)17-16-21-10-4-2-5-11-21/h2-15H,16-20H2,1H3,(H,28,32). The summed E-state index contributed by atoms with van der Waals surface area (Å²) in [4.78, 5) is 39.0. The Hall–Kier alpha value is -4.13. The van der Waals surface area contributed by atoms with Crippen molar-refractivity contribution >= 4 is 17.8 Å². The van der Waals surface area contributed by atoms with Crippen LogP contribution < -0.4 is 10.1 Å². The molecule has 176 valence electrons. The molecule has 3 aromatic rings. The zero-order chi connectivity index (χ0) is 24.2. The minimum atomic E-state index is -0.695. The average Bonchev–Trinajstić information content (AvgIpc) is 2.89. The molecular formula is C27H28N2O5. The maximum absolute atomic E-state index is 12.9. The Morgan fingerprint density at radius 3 is 2.12 bits per heavy atom. The highest BCUT2D eigenvalue weighted by atomic mass is 16.5. The van der Waals surface area contributed by atoms with Crippen molar-refractivity contribution in [2.24, 2.45) is 0 Å². The number of hydrogen-bond donors (Lipinski definition) is 1. The summed E-state index contributed by atoms with van der Waals surface area (Å²) in [6, 6.07) is 26.2. The number of methoxy groups -OCH3 is 1. The van der Waals surface area contributed by atoms with Gasteiger partial charge in [-0.25, -0.2) is 0 Å². The van der Waals surface area contributed by atoms with Crippen molar-refractivity contribution in [3.63, 3.8) is 0 Å². The van der Waals surface area contributed by atoms with E-state index in [4.69, 9.17) is 9.47 Å². The molecule has 0 aromatic heterocycles. The molecule has 0 radical (unpaired) electrons. The van der Waals surface area contributed by atoms with Crippen molar-refractivity contribution in [3.05, 3.63) is 102 Å². The summed E-state index contributed by atoms with van der Waals surface area (Å²) in [5, 5.41) is 2.49. The van der Waals surface area contributed by atoms with Crippen LogP contribution in [0.15, 0.2) is 84.9 Å². The van der Waals surface area contributed by atoms with Crippen LogP contribution in [0.1, 0.15) is 21.5 Å². The second-order valence-electron chi connectivity index (χ2n) is 7.58.